The summed E-state index contributed by atoms with van der Waals surface area (Å²) in [7, 11) is 1.63. The van der Waals surface area contributed by atoms with Crippen LogP contribution in [0.4, 0.5) is 0 Å². The molecule has 2 aromatic carbocycles. The van der Waals surface area contributed by atoms with Crippen LogP contribution < -0.4 is 10.5 Å². The lowest BCUT2D eigenvalue weighted by Crippen LogP contribution is -2.05. The molecule has 0 saturated heterocycles. The van der Waals surface area contributed by atoms with Crippen LogP contribution in [0.25, 0.3) is 11.1 Å². The molecule has 2 N–H and O–H groups in total. The number of hydrogen-bond donors (Lipinski definition) is 1. The average Bonchev–Trinajstić information content (AvgIpc) is 3.16. The van der Waals surface area contributed by atoms with E-state index in [9.17, 15) is 4.79 Å². The number of esters is 1. The zero-order chi connectivity index (χ0) is 18.5. The normalized spacial score (nSPS) is 11.8. The Labute approximate surface area is 157 Å². The molecule has 0 unspecified atom stereocenters. The third-order valence-corrected chi connectivity index (χ3v) is 4.98. The Hall–Kier alpha value is -2.63. The van der Waals surface area contributed by atoms with E-state index in [1.54, 1.807) is 7.11 Å². The highest BCUT2D eigenvalue weighted by Gasteiger charge is 2.15. The number of hydrogen-bond acceptors (Lipinski definition) is 5. The van der Waals surface area contributed by atoms with E-state index in [1.807, 2.05) is 66.9 Å². The minimum atomic E-state index is -0.326. The average molecular weight is 367 g/mol. The van der Waals surface area contributed by atoms with E-state index in [4.69, 9.17) is 15.2 Å². The van der Waals surface area contributed by atoms with Crippen LogP contribution >= 0.6 is 11.3 Å². The molecule has 5 heteroatoms. The second-order valence-electron chi connectivity index (χ2n) is 6.01. The SMILES string of the molecule is COc1ccc([C@@H](C)N)cc1-c1csc(C(=O)OCc2ccccc2)c1. The fourth-order valence-corrected chi connectivity index (χ4v) is 3.41. The van der Waals surface area contributed by atoms with Crippen LogP contribution in [0.3, 0.4) is 0 Å². The predicted molar refractivity (Wildman–Crippen MR) is 104 cm³/mol. The third kappa shape index (κ3) is 4.12. The van der Waals surface area contributed by atoms with Gasteiger partial charge < -0.3 is 15.2 Å². The summed E-state index contributed by atoms with van der Waals surface area (Å²) in [5, 5.41) is 1.93. The minimum absolute atomic E-state index is 0.0754. The largest absolute Gasteiger partial charge is 0.496 e. The number of nitrogens with two attached hydrogens (primary N) is 1. The quantitative estimate of drug-likeness (QED) is 0.636. The molecule has 0 radical (unpaired) electrons. The van der Waals surface area contributed by atoms with Gasteiger partial charge in [0.1, 0.15) is 17.2 Å². The Balaban J connectivity index is 1.79. The van der Waals surface area contributed by atoms with Crippen molar-refractivity contribution in [1.82, 2.24) is 0 Å². The zero-order valence-electron chi connectivity index (χ0n) is 14.8. The van der Waals surface area contributed by atoms with Crippen molar-refractivity contribution >= 4 is 17.3 Å². The number of rotatable bonds is 6. The summed E-state index contributed by atoms with van der Waals surface area (Å²) in [5.74, 6) is 0.420. The van der Waals surface area contributed by atoms with E-state index in [1.165, 1.54) is 11.3 Å². The summed E-state index contributed by atoms with van der Waals surface area (Å²) < 4.78 is 10.9. The van der Waals surface area contributed by atoms with Gasteiger partial charge in [-0.3, -0.25) is 0 Å². The van der Waals surface area contributed by atoms with Crippen molar-refractivity contribution < 1.29 is 14.3 Å². The van der Waals surface area contributed by atoms with E-state index in [-0.39, 0.29) is 18.6 Å². The standard InChI is InChI=1S/C21H21NO3S/c1-14(22)16-8-9-19(24-2)18(10-16)17-11-20(26-13-17)21(23)25-12-15-6-4-3-5-7-15/h3-11,13-14H,12,22H2,1-2H3/t14-/m1/s1. The molecule has 0 bridgehead atoms. The first kappa shape index (κ1) is 18.2. The maximum Gasteiger partial charge on any atom is 0.348 e. The molecule has 0 spiro atoms. The summed E-state index contributed by atoms with van der Waals surface area (Å²) in [6.45, 7) is 2.20. The Morgan fingerprint density at radius 1 is 1.15 bits per heavy atom. The first-order chi connectivity index (χ1) is 12.6. The van der Waals surface area contributed by atoms with Crippen LogP contribution in [0.15, 0.2) is 60.0 Å². The number of benzene rings is 2. The topological polar surface area (TPSA) is 61.5 Å². The van der Waals surface area contributed by atoms with Gasteiger partial charge in [-0.2, -0.15) is 0 Å². The van der Waals surface area contributed by atoms with E-state index < -0.39 is 0 Å². The molecular weight excluding hydrogens is 346 g/mol. The molecule has 0 aliphatic rings. The number of thiophene rings is 1. The van der Waals surface area contributed by atoms with Crippen LogP contribution in [0, 0.1) is 0 Å². The number of methoxy groups -OCH3 is 1. The third-order valence-electron chi connectivity index (χ3n) is 4.07. The number of carbonyl (C=O) groups is 1. The van der Waals surface area contributed by atoms with Crippen LogP contribution in [-0.2, 0) is 11.3 Å². The molecule has 4 nitrogen and oxygen atoms in total. The lowest BCUT2D eigenvalue weighted by molar-refractivity contribution is 0.0478. The van der Waals surface area contributed by atoms with Gasteiger partial charge in [0, 0.05) is 11.6 Å². The highest BCUT2D eigenvalue weighted by atomic mass is 32.1. The lowest BCUT2D eigenvalue weighted by Gasteiger charge is -2.12. The van der Waals surface area contributed by atoms with E-state index >= 15 is 0 Å². The van der Waals surface area contributed by atoms with Crippen molar-refractivity contribution in [2.24, 2.45) is 5.73 Å². The van der Waals surface area contributed by atoms with Gasteiger partial charge in [-0.15, -0.1) is 11.3 Å². The van der Waals surface area contributed by atoms with Crippen molar-refractivity contribution in [2.45, 2.75) is 19.6 Å². The Kier molecular flexibility index (Phi) is 5.71. The first-order valence-electron chi connectivity index (χ1n) is 8.32. The van der Waals surface area contributed by atoms with Crippen molar-refractivity contribution in [3.05, 3.63) is 76.0 Å². The molecular formula is C21H21NO3S. The highest BCUT2D eigenvalue weighted by molar-refractivity contribution is 7.12. The molecule has 0 aliphatic carbocycles. The summed E-state index contributed by atoms with van der Waals surface area (Å²) in [6.07, 6.45) is 0. The molecule has 1 atom stereocenters. The zero-order valence-corrected chi connectivity index (χ0v) is 15.6. The second-order valence-corrected chi connectivity index (χ2v) is 6.92. The van der Waals surface area contributed by atoms with Crippen LogP contribution in [0.2, 0.25) is 0 Å². The Bertz CT molecular complexity index is 887. The minimum Gasteiger partial charge on any atom is -0.496 e. The maximum atomic E-state index is 12.3. The molecule has 134 valence electrons. The summed E-state index contributed by atoms with van der Waals surface area (Å²) in [5.41, 5.74) is 9.80. The molecule has 3 aromatic rings. The summed E-state index contributed by atoms with van der Waals surface area (Å²) in [6, 6.07) is 17.2. The fraction of sp³-hybridized carbons (Fsp3) is 0.190. The smallest absolute Gasteiger partial charge is 0.348 e. The number of carbonyl (C=O) groups excluding carboxylic acids is 1. The Morgan fingerprint density at radius 3 is 2.62 bits per heavy atom. The van der Waals surface area contributed by atoms with E-state index in [0.717, 1.165) is 28.0 Å². The molecule has 0 saturated carbocycles. The van der Waals surface area contributed by atoms with Gasteiger partial charge in [0.2, 0.25) is 0 Å². The Morgan fingerprint density at radius 2 is 1.92 bits per heavy atom. The van der Waals surface area contributed by atoms with Crippen LogP contribution in [0.5, 0.6) is 5.75 Å². The van der Waals surface area contributed by atoms with Crippen molar-refractivity contribution in [3.8, 4) is 16.9 Å². The van der Waals surface area contributed by atoms with E-state index in [0.29, 0.717) is 4.88 Å². The lowest BCUT2D eigenvalue weighted by atomic mass is 10.0. The van der Waals surface area contributed by atoms with Gasteiger partial charge in [-0.05, 0) is 47.2 Å². The maximum absolute atomic E-state index is 12.3. The monoisotopic (exact) mass is 367 g/mol. The van der Waals surface area contributed by atoms with Gasteiger partial charge >= 0.3 is 5.97 Å². The van der Waals surface area contributed by atoms with Gasteiger partial charge in [0.15, 0.2) is 0 Å². The second kappa shape index (κ2) is 8.17. The molecule has 26 heavy (non-hydrogen) atoms. The van der Waals surface area contributed by atoms with Crippen molar-refractivity contribution in [2.75, 3.05) is 7.11 Å². The molecule has 3 rings (SSSR count). The van der Waals surface area contributed by atoms with Crippen LogP contribution in [-0.4, -0.2) is 13.1 Å². The summed E-state index contributed by atoms with van der Waals surface area (Å²) >= 11 is 1.36. The molecule has 0 amide bonds. The fourth-order valence-electron chi connectivity index (χ4n) is 2.61. The first-order valence-corrected chi connectivity index (χ1v) is 9.20. The van der Waals surface area contributed by atoms with Crippen molar-refractivity contribution in [3.63, 3.8) is 0 Å². The molecule has 0 aliphatic heterocycles. The van der Waals surface area contributed by atoms with Gasteiger partial charge in [0.05, 0.1) is 7.11 Å². The highest BCUT2D eigenvalue weighted by Crippen LogP contribution is 2.35. The summed E-state index contributed by atoms with van der Waals surface area (Å²) in [4.78, 5) is 12.9. The molecule has 1 aromatic heterocycles. The van der Waals surface area contributed by atoms with E-state index in [2.05, 4.69) is 0 Å². The number of ether oxygens (including phenoxy) is 2. The van der Waals surface area contributed by atoms with Crippen molar-refractivity contribution in [1.29, 1.82) is 0 Å². The molecule has 1 heterocycles. The van der Waals surface area contributed by atoms with Gasteiger partial charge in [-0.1, -0.05) is 36.4 Å². The molecule has 0 fully saturated rings. The van der Waals surface area contributed by atoms with Gasteiger partial charge in [-0.25, -0.2) is 4.79 Å². The van der Waals surface area contributed by atoms with Crippen LogP contribution in [0.1, 0.15) is 33.8 Å². The predicted octanol–water partition coefficient (Wildman–Crippen LogP) is 4.80. The van der Waals surface area contributed by atoms with Gasteiger partial charge in [0.25, 0.3) is 0 Å².